The average molecular weight is 246 g/mol. The summed E-state index contributed by atoms with van der Waals surface area (Å²) in [5.41, 5.74) is 3.18. The van der Waals surface area contributed by atoms with Crippen molar-refractivity contribution in [3.63, 3.8) is 0 Å². The molecular formula is C13H14N2O3. The summed E-state index contributed by atoms with van der Waals surface area (Å²) >= 11 is 0. The molecule has 1 fully saturated rings. The van der Waals surface area contributed by atoms with Gasteiger partial charge in [0.2, 0.25) is 0 Å². The van der Waals surface area contributed by atoms with Gasteiger partial charge in [0.05, 0.1) is 17.6 Å². The van der Waals surface area contributed by atoms with Crippen molar-refractivity contribution < 1.29 is 9.66 Å². The van der Waals surface area contributed by atoms with E-state index in [0.29, 0.717) is 19.1 Å². The van der Waals surface area contributed by atoms with Gasteiger partial charge in [-0.3, -0.25) is 10.1 Å². The van der Waals surface area contributed by atoms with Gasteiger partial charge in [-0.15, -0.1) is 0 Å². The first-order valence-electron chi connectivity index (χ1n) is 5.99. The smallest absolute Gasteiger partial charge is 0.269 e. The van der Waals surface area contributed by atoms with E-state index in [2.05, 4.69) is 11.5 Å². The molecule has 1 aromatic rings. The molecule has 2 heterocycles. The Morgan fingerprint density at radius 3 is 3.00 bits per heavy atom. The lowest BCUT2D eigenvalue weighted by Gasteiger charge is -2.26. The van der Waals surface area contributed by atoms with Crippen molar-refractivity contribution in [1.82, 2.24) is 0 Å². The molecule has 0 aliphatic carbocycles. The zero-order chi connectivity index (χ0) is 12.7. The molecule has 0 spiro atoms. The number of allylic oxidation sites excluding steroid dienone is 1. The molecule has 2 aliphatic heterocycles. The molecule has 0 radical (unpaired) electrons. The van der Waals surface area contributed by atoms with Crippen LogP contribution < -0.4 is 4.90 Å². The average Bonchev–Trinajstić information content (AvgIpc) is 2.93. The number of fused-ring (bicyclic) bond motifs is 1. The number of hydrogen-bond donors (Lipinski definition) is 0. The van der Waals surface area contributed by atoms with E-state index in [0.717, 1.165) is 30.0 Å². The zero-order valence-electron chi connectivity index (χ0n) is 9.96. The molecule has 0 saturated carbocycles. The minimum Gasteiger partial charge on any atom is -0.379 e. The molecule has 18 heavy (non-hydrogen) atoms. The number of nitrogens with zero attached hydrogens (tertiary/aromatic N) is 2. The fraction of sp³-hybridized carbons (Fsp3) is 0.385. The third-order valence-corrected chi connectivity index (χ3v) is 3.54. The van der Waals surface area contributed by atoms with Gasteiger partial charge in [0.15, 0.2) is 0 Å². The Kier molecular flexibility index (Phi) is 2.56. The van der Waals surface area contributed by atoms with Crippen LogP contribution in [0.25, 0.3) is 0 Å². The molecule has 1 unspecified atom stereocenters. The van der Waals surface area contributed by atoms with Gasteiger partial charge in [0.1, 0.15) is 0 Å². The first-order valence-corrected chi connectivity index (χ1v) is 5.99. The molecule has 1 atom stereocenters. The van der Waals surface area contributed by atoms with Crippen LogP contribution in [0.3, 0.4) is 0 Å². The van der Waals surface area contributed by atoms with Crippen molar-refractivity contribution in [3.8, 4) is 0 Å². The first kappa shape index (κ1) is 11.2. The maximum Gasteiger partial charge on any atom is 0.269 e. The number of non-ortho nitro benzene ring substituents is 1. The molecule has 0 bridgehead atoms. The van der Waals surface area contributed by atoms with Crippen LogP contribution >= 0.6 is 0 Å². The van der Waals surface area contributed by atoms with Crippen LogP contribution in [-0.4, -0.2) is 24.2 Å². The number of ether oxygens (including phenoxy) is 1. The minimum absolute atomic E-state index is 0.145. The van der Waals surface area contributed by atoms with E-state index in [4.69, 9.17) is 4.74 Å². The summed E-state index contributed by atoms with van der Waals surface area (Å²) in [5, 5.41) is 10.8. The topological polar surface area (TPSA) is 55.6 Å². The van der Waals surface area contributed by atoms with E-state index in [-0.39, 0.29) is 10.6 Å². The highest BCUT2D eigenvalue weighted by molar-refractivity contribution is 5.67. The van der Waals surface area contributed by atoms with Gasteiger partial charge >= 0.3 is 0 Å². The van der Waals surface area contributed by atoms with Gasteiger partial charge in [0, 0.05) is 36.5 Å². The second-order valence-corrected chi connectivity index (χ2v) is 4.70. The highest BCUT2D eigenvalue weighted by Gasteiger charge is 2.32. The highest BCUT2D eigenvalue weighted by Crippen LogP contribution is 2.38. The summed E-state index contributed by atoms with van der Waals surface area (Å²) in [5.74, 6) is 0. The first-order chi connectivity index (χ1) is 8.66. The van der Waals surface area contributed by atoms with Crippen molar-refractivity contribution in [1.29, 1.82) is 0 Å². The Bertz CT molecular complexity index is 521. The number of hydrogen-bond acceptors (Lipinski definition) is 4. The summed E-state index contributed by atoms with van der Waals surface area (Å²) in [4.78, 5) is 12.6. The lowest BCUT2D eigenvalue weighted by molar-refractivity contribution is -0.384. The van der Waals surface area contributed by atoms with Gasteiger partial charge in [-0.25, -0.2) is 0 Å². The van der Waals surface area contributed by atoms with Crippen LogP contribution in [-0.2, 0) is 11.2 Å². The van der Waals surface area contributed by atoms with Gasteiger partial charge in [-0.1, -0.05) is 6.58 Å². The van der Waals surface area contributed by atoms with E-state index in [1.54, 1.807) is 12.1 Å². The number of benzene rings is 1. The molecule has 0 aromatic heterocycles. The number of nitro benzene ring substituents is 1. The number of nitro groups is 1. The summed E-state index contributed by atoms with van der Waals surface area (Å²) < 4.78 is 5.40. The SMILES string of the molecule is C=C1Cc2cc([N+](=O)[O-])ccc2N1C1CCOC1. The van der Waals surface area contributed by atoms with Gasteiger partial charge < -0.3 is 9.64 Å². The summed E-state index contributed by atoms with van der Waals surface area (Å²) in [6.07, 6.45) is 1.67. The molecule has 2 aliphatic rings. The standard InChI is InChI=1S/C13H14N2O3/c1-9-6-10-7-11(15(16)17)2-3-13(10)14(9)12-4-5-18-8-12/h2-3,7,12H,1,4-6,8H2. The van der Waals surface area contributed by atoms with Crippen LogP contribution in [0.15, 0.2) is 30.5 Å². The molecule has 1 saturated heterocycles. The molecule has 5 heteroatoms. The molecule has 0 amide bonds. The third kappa shape index (κ3) is 1.67. The van der Waals surface area contributed by atoms with Gasteiger partial charge in [-0.2, -0.15) is 0 Å². The molecule has 3 rings (SSSR count). The molecule has 0 N–H and O–H groups in total. The zero-order valence-corrected chi connectivity index (χ0v) is 9.96. The summed E-state index contributed by atoms with van der Waals surface area (Å²) in [6, 6.07) is 5.35. The van der Waals surface area contributed by atoms with Crippen LogP contribution in [0.4, 0.5) is 11.4 Å². The lowest BCUT2D eigenvalue weighted by atomic mass is 10.1. The number of anilines is 1. The van der Waals surface area contributed by atoms with E-state index in [1.807, 2.05) is 6.07 Å². The largest absolute Gasteiger partial charge is 0.379 e. The fourth-order valence-electron chi connectivity index (χ4n) is 2.72. The third-order valence-electron chi connectivity index (χ3n) is 3.54. The van der Waals surface area contributed by atoms with Crippen LogP contribution in [0.2, 0.25) is 0 Å². The van der Waals surface area contributed by atoms with Crippen LogP contribution in [0.5, 0.6) is 0 Å². The normalized spacial score (nSPS) is 22.3. The Morgan fingerprint density at radius 1 is 1.50 bits per heavy atom. The van der Waals surface area contributed by atoms with E-state index in [1.165, 1.54) is 0 Å². The molecular weight excluding hydrogens is 232 g/mol. The summed E-state index contributed by atoms with van der Waals surface area (Å²) in [7, 11) is 0. The van der Waals surface area contributed by atoms with Gasteiger partial charge in [0.25, 0.3) is 5.69 Å². The van der Waals surface area contributed by atoms with E-state index in [9.17, 15) is 10.1 Å². The van der Waals surface area contributed by atoms with Crippen molar-refractivity contribution in [3.05, 3.63) is 46.2 Å². The van der Waals surface area contributed by atoms with E-state index >= 15 is 0 Å². The fourth-order valence-corrected chi connectivity index (χ4v) is 2.72. The second kappa shape index (κ2) is 4.10. The van der Waals surface area contributed by atoms with Crippen molar-refractivity contribution in [2.75, 3.05) is 18.1 Å². The predicted octanol–water partition coefficient (Wildman–Crippen LogP) is 2.26. The maximum atomic E-state index is 10.8. The Labute approximate surface area is 105 Å². The van der Waals surface area contributed by atoms with Crippen LogP contribution in [0.1, 0.15) is 12.0 Å². The Balaban J connectivity index is 1.97. The maximum absolute atomic E-state index is 10.8. The molecule has 1 aromatic carbocycles. The van der Waals surface area contributed by atoms with Crippen molar-refractivity contribution in [2.24, 2.45) is 0 Å². The predicted molar refractivity (Wildman–Crippen MR) is 67.6 cm³/mol. The van der Waals surface area contributed by atoms with Gasteiger partial charge in [-0.05, 0) is 18.1 Å². The van der Waals surface area contributed by atoms with Crippen LogP contribution in [0, 0.1) is 10.1 Å². The Morgan fingerprint density at radius 2 is 2.33 bits per heavy atom. The second-order valence-electron chi connectivity index (χ2n) is 4.70. The summed E-state index contributed by atoms with van der Waals surface area (Å²) in [6.45, 7) is 5.55. The van der Waals surface area contributed by atoms with E-state index < -0.39 is 0 Å². The lowest BCUT2D eigenvalue weighted by Crippen LogP contribution is -2.32. The van der Waals surface area contributed by atoms with Crippen molar-refractivity contribution >= 4 is 11.4 Å². The Hall–Kier alpha value is -1.88. The number of rotatable bonds is 2. The molecule has 94 valence electrons. The molecule has 5 nitrogen and oxygen atoms in total. The quantitative estimate of drug-likeness (QED) is 0.593. The van der Waals surface area contributed by atoms with Crippen molar-refractivity contribution in [2.45, 2.75) is 18.9 Å². The highest BCUT2D eigenvalue weighted by atomic mass is 16.6. The monoisotopic (exact) mass is 246 g/mol. The minimum atomic E-state index is -0.357.